The summed E-state index contributed by atoms with van der Waals surface area (Å²) in [7, 11) is 1.86. The number of halogens is 1. The molecule has 4 rings (SSSR count). The Hall–Kier alpha value is -2.93. The molecule has 0 aliphatic heterocycles. The molecule has 0 amide bonds. The molecule has 1 N–H and O–H groups in total. The standard InChI is InChI=1S/C16H14ClN7/c1-23-9-13(6-20-23)22-15-14-7-21-24(16(14)19-10-18-15)8-11-3-2-4-12(17)5-11/h2-7,9-10H,8H2,1H3,(H,18,19,22). The summed E-state index contributed by atoms with van der Waals surface area (Å²) in [6.07, 6.45) is 6.91. The van der Waals surface area contributed by atoms with Crippen molar-refractivity contribution >= 4 is 34.1 Å². The van der Waals surface area contributed by atoms with Gasteiger partial charge in [-0.05, 0) is 17.7 Å². The lowest BCUT2D eigenvalue weighted by molar-refractivity contribution is 0.704. The average molecular weight is 340 g/mol. The smallest absolute Gasteiger partial charge is 0.163 e. The van der Waals surface area contributed by atoms with E-state index in [1.807, 2.05) is 42.2 Å². The molecule has 0 fully saturated rings. The van der Waals surface area contributed by atoms with Gasteiger partial charge in [-0.1, -0.05) is 23.7 Å². The van der Waals surface area contributed by atoms with Crippen molar-refractivity contribution in [2.75, 3.05) is 5.32 Å². The van der Waals surface area contributed by atoms with Crippen molar-refractivity contribution in [3.8, 4) is 0 Å². The number of nitrogens with zero attached hydrogens (tertiary/aromatic N) is 6. The van der Waals surface area contributed by atoms with Gasteiger partial charge in [-0.15, -0.1) is 0 Å². The third-order valence-corrected chi connectivity index (χ3v) is 3.86. The fourth-order valence-electron chi connectivity index (χ4n) is 2.54. The lowest BCUT2D eigenvalue weighted by Crippen LogP contribution is -2.03. The number of benzene rings is 1. The van der Waals surface area contributed by atoms with Crippen molar-refractivity contribution in [1.82, 2.24) is 29.5 Å². The van der Waals surface area contributed by atoms with E-state index in [1.54, 1.807) is 17.1 Å². The zero-order valence-corrected chi connectivity index (χ0v) is 13.6. The summed E-state index contributed by atoms with van der Waals surface area (Å²) in [4.78, 5) is 8.67. The Morgan fingerprint density at radius 2 is 2.08 bits per heavy atom. The highest BCUT2D eigenvalue weighted by molar-refractivity contribution is 6.30. The van der Waals surface area contributed by atoms with Crippen LogP contribution in [0.4, 0.5) is 11.5 Å². The van der Waals surface area contributed by atoms with Crippen LogP contribution in [0.3, 0.4) is 0 Å². The van der Waals surface area contributed by atoms with E-state index in [-0.39, 0.29) is 0 Å². The molecule has 0 aliphatic carbocycles. The van der Waals surface area contributed by atoms with E-state index in [0.717, 1.165) is 22.3 Å². The molecule has 1 aromatic carbocycles. The molecule has 4 aromatic rings. The Balaban J connectivity index is 1.68. The van der Waals surface area contributed by atoms with E-state index in [1.165, 1.54) is 6.33 Å². The van der Waals surface area contributed by atoms with Crippen LogP contribution in [-0.2, 0) is 13.6 Å². The maximum atomic E-state index is 6.05. The van der Waals surface area contributed by atoms with Crippen molar-refractivity contribution in [1.29, 1.82) is 0 Å². The van der Waals surface area contributed by atoms with E-state index in [9.17, 15) is 0 Å². The van der Waals surface area contributed by atoms with Gasteiger partial charge in [0, 0.05) is 18.3 Å². The molecule has 7 nitrogen and oxygen atoms in total. The van der Waals surface area contributed by atoms with Gasteiger partial charge in [-0.2, -0.15) is 10.2 Å². The molecular formula is C16H14ClN7. The highest BCUT2D eigenvalue weighted by Gasteiger charge is 2.11. The quantitative estimate of drug-likeness (QED) is 0.618. The number of hydrogen-bond acceptors (Lipinski definition) is 5. The fraction of sp³-hybridized carbons (Fsp3) is 0.125. The molecular weight excluding hydrogens is 326 g/mol. The zero-order valence-electron chi connectivity index (χ0n) is 12.9. The van der Waals surface area contributed by atoms with Crippen molar-refractivity contribution in [2.24, 2.45) is 7.05 Å². The van der Waals surface area contributed by atoms with E-state index in [4.69, 9.17) is 11.6 Å². The molecule has 0 aliphatic rings. The monoisotopic (exact) mass is 339 g/mol. The minimum absolute atomic E-state index is 0.591. The minimum Gasteiger partial charge on any atom is -0.337 e. The maximum Gasteiger partial charge on any atom is 0.163 e. The van der Waals surface area contributed by atoms with Gasteiger partial charge in [0.25, 0.3) is 0 Å². The maximum absolute atomic E-state index is 6.05. The van der Waals surface area contributed by atoms with Crippen molar-refractivity contribution < 1.29 is 0 Å². The molecule has 24 heavy (non-hydrogen) atoms. The average Bonchev–Trinajstić information content (AvgIpc) is 3.15. The highest BCUT2D eigenvalue weighted by atomic mass is 35.5. The molecule has 8 heteroatoms. The van der Waals surface area contributed by atoms with Crippen LogP contribution in [0.5, 0.6) is 0 Å². The lowest BCUT2D eigenvalue weighted by atomic mass is 10.2. The first-order chi connectivity index (χ1) is 11.7. The number of fused-ring (bicyclic) bond motifs is 1. The summed E-state index contributed by atoms with van der Waals surface area (Å²) in [6, 6.07) is 7.71. The molecule has 0 saturated carbocycles. The zero-order chi connectivity index (χ0) is 16.5. The van der Waals surface area contributed by atoms with E-state index >= 15 is 0 Å². The second-order valence-corrected chi connectivity index (χ2v) is 5.86. The Labute approximate surface area is 142 Å². The van der Waals surface area contributed by atoms with Crippen LogP contribution in [0.15, 0.2) is 49.2 Å². The Kier molecular flexibility index (Phi) is 3.62. The predicted octanol–water partition coefficient (Wildman–Crippen LogP) is 3.01. The second-order valence-electron chi connectivity index (χ2n) is 5.42. The summed E-state index contributed by atoms with van der Waals surface area (Å²) in [5, 5.41) is 13.4. The van der Waals surface area contributed by atoms with Crippen LogP contribution in [0.25, 0.3) is 11.0 Å². The molecule has 0 radical (unpaired) electrons. The van der Waals surface area contributed by atoms with Gasteiger partial charge in [0.1, 0.15) is 12.1 Å². The summed E-state index contributed by atoms with van der Waals surface area (Å²) in [5.74, 6) is 0.699. The summed E-state index contributed by atoms with van der Waals surface area (Å²) < 4.78 is 3.56. The Morgan fingerprint density at radius 3 is 2.88 bits per heavy atom. The van der Waals surface area contributed by atoms with E-state index in [2.05, 4.69) is 25.5 Å². The van der Waals surface area contributed by atoms with E-state index in [0.29, 0.717) is 17.4 Å². The topological polar surface area (TPSA) is 73.5 Å². The predicted molar refractivity (Wildman–Crippen MR) is 92.4 cm³/mol. The summed E-state index contributed by atoms with van der Waals surface area (Å²) >= 11 is 6.05. The van der Waals surface area contributed by atoms with Crippen LogP contribution in [0, 0.1) is 0 Å². The Bertz CT molecular complexity index is 1000. The molecule has 3 heterocycles. The number of aryl methyl sites for hydroxylation is 1. The first-order valence-corrected chi connectivity index (χ1v) is 7.73. The first-order valence-electron chi connectivity index (χ1n) is 7.36. The van der Waals surface area contributed by atoms with Crippen molar-refractivity contribution in [2.45, 2.75) is 6.54 Å². The van der Waals surface area contributed by atoms with Gasteiger partial charge < -0.3 is 5.32 Å². The van der Waals surface area contributed by atoms with Crippen LogP contribution < -0.4 is 5.32 Å². The van der Waals surface area contributed by atoms with Crippen LogP contribution in [0.1, 0.15) is 5.56 Å². The van der Waals surface area contributed by atoms with Crippen LogP contribution >= 0.6 is 11.6 Å². The summed E-state index contributed by atoms with van der Waals surface area (Å²) in [6.45, 7) is 0.591. The summed E-state index contributed by atoms with van der Waals surface area (Å²) in [5.41, 5.74) is 2.68. The molecule has 0 unspecified atom stereocenters. The third kappa shape index (κ3) is 2.81. The molecule has 0 saturated heterocycles. The van der Waals surface area contributed by atoms with Crippen molar-refractivity contribution in [3.05, 3.63) is 59.8 Å². The normalized spacial score (nSPS) is 11.1. The van der Waals surface area contributed by atoms with Crippen molar-refractivity contribution in [3.63, 3.8) is 0 Å². The third-order valence-electron chi connectivity index (χ3n) is 3.62. The fourth-order valence-corrected chi connectivity index (χ4v) is 2.75. The molecule has 0 spiro atoms. The van der Waals surface area contributed by atoms with E-state index < -0.39 is 0 Å². The number of anilines is 2. The van der Waals surface area contributed by atoms with Gasteiger partial charge in [0.2, 0.25) is 0 Å². The molecule has 120 valence electrons. The van der Waals surface area contributed by atoms with Gasteiger partial charge in [0.05, 0.1) is 30.0 Å². The van der Waals surface area contributed by atoms with Gasteiger partial charge >= 0.3 is 0 Å². The lowest BCUT2D eigenvalue weighted by Gasteiger charge is -2.05. The number of aromatic nitrogens is 6. The largest absolute Gasteiger partial charge is 0.337 e. The van der Waals surface area contributed by atoms with Crippen LogP contribution in [-0.4, -0.2) is 29.5 Å². The molecule has 0 atom stereocenters. The number of hydrogen-bond donors (Lipinski definition) is 1. The number of rotatable bonds is 4. The van der Waals surface area contributed by atoms with Gasteiger partial charge in [-0.25, -0.2) is 14.6 Å². The molecule has 3 aromatic heterocycles. The number of nitrogens with one attached hydrogen (secondary N) is 1. The van der Waals surface area contributed by atoms with Crippen LogP contribution in [0.2, 0.25) is 5.02 Å². The van der Waals surface area contributed by atoms with Gasteiger partial charge in [-0.3, -0.25) is 4.68 Å². The minimum atomic E-state index is 0.591. The van der Waals surface area contributed by atoms with Gasteiger partial charge in [0.15, 0.2) is 5.65 Å². The Morgan fingerprint density at radius 1 is 1.17 bits per heavy atom. The SMILES string of the molecule is Cn1cc(Nc2ncnc3c2cnn3Cc2cccc(Cl)c2)cn1. The molecule has 0 bridgehead atoms. The first kappa shape index (κ1) is 14.6. The highest BCUT2D eigenvalue weighted by Crippen LogP contribution is 2.23. The second kappa shape index (κ2) is 5.93.